The molecule has 0 unspecified atom stereocenters. The van der Waals surface area contributed by atoms with E-state index in [1.54, 1.807) is 12.1 Å². The van der Waals surface area contributed by atoms with Crippen LogP contribution in [0.5, 0.6) is 0 Å². The standard InChI is InChI=1S/C31H20N6O8/c38-29-27-26-18-7-1-3-9-20(18)31(21-10-4-2-8-19(21)26,16-32-33-22-14-13-17(35(40)41)15-25(22)37(44)45)28(27)30(39)34(29)23-11-5-6-12-24(23)36(42)43/h1-16,26-28,33H/b32-16-/t26?,27-,28+,31?/m1/s1. The number of anilines is 2. The second kappa shape index (κ2) is 9.87. The van der Waals surface area contributed by atoms with Crippen LogP contribution in [-0.4, -0.2) is 32.8 Å². The fraction of sp³-hybridized carbons (Fsp3) is 0.129. The number of nitrogens with one attached hydrogen (secondary N) is 1. The molecule has 0 saturated carbocycles. The van der Waals surface area contributed by atoms with Crippen molar-refractivity contribution in [2.24, 2.45) is 16.9 Å². The number of nitro groups is 3. The average Bonchev–Trinajstić information content (AvgIpc) is 3.31. The van der Waals surface area contributed by atoms with Crippen molar-refractivity contribution in [2.45, 2.75) is 11.3 Å². The van der Waals surface area contributed by atoms with Crippen molar-refractivity contribution < 1.29 is 24.4 Å². The highest BCUT2D eigenvalue weighted by Gasteiger charge is 2.68. The van der Waals surface area contributed by atoms with Crippen molar-refractivity contribution in [1.82, 2.24) is 0 Å². The zero-order valence-corrected chi connectivity index (χ0v) is 23.0. The van der Waals surface area contributed by atoms with E-state index < -0.39 is 66.8 Å². The smallest absolute Gasteiger partial charge is 0.274 e. The molecule has 1 heterocycles. The van der Waals surface area contributed by atoms with E-state index in [0.717, 1.165) is 34.2 Å². The van der Waals surface area contributed by atoms with Crippen molar-refractivity contribution in [3.63, 3.8) is 0 Å². The molecule has 1 aliphatic heterocycles. The Morgan fingerprint density at radius 2 is 1.33 bits per heavy atom. The van der Waals surface area contributed by atoms with Crippen LogP contribution in [0.15, 0.2) is 96.1 Å². The molecular formula is C31H20N6O8. The molecule has 0 spiro atoms. The summed E-state index contributed by atoms with van der Waals surface area (Å²) in [6, 6.07) is 23.3. The summed E-state index contributed by atoms with van der Waals surface area (Å²) in [6.07, 6.45) is 1.44. The van der Waals surface area contributed by atoms with Crippen LogP contribution in [0.1, 0.15) is 28.2 Å². The second-order valence-corrected chi connectivity index (χ2v) is 10.9. The summed E-state index contributed by atoms with van der Waals surface area (Å²) >= 11 is 0. The van der Waals surface area contributed by atoms with Crippen molar-refractivity contribution >= 4 is 46.5 Å². The Kier molecular flexibility index (Phi) is 6.04. The van der Waals surface area contributed by atoms with E-state index in [9.17, 15) is 39.9 Å². The highest BCUT2D eigenvalue weighted by Crippen LogP contribution is 2.64. The number of hydrazone groups is 1. The minimum Gasteiger partial charge on any atom is -0.274 e. The van der Waals surface area contributed by atoms with Crippen LogP contribution in [0.25, 0.3) is 0 Å². The lowest BCUT2D eigenvalue weighted by atomic mass is 9.47. The predicted molar refractivity (Wildman–Crippen MR) is 160 cm³/mol. The molecule has 1 N–H and O–H groups in total. The van der Waals surface area contributed by atoms with E-state index in [1.807, 2.05) is 36.4 Å². The molecule has 2 amide bonds. The van der Waals surface area contributed by atoms with Gasteiger partial charge in [-0.05, 0) is 34.4 Å². The van der Waals surface area contributed by atoms with Crippen LogP contribution in [-0.2, 0) is 15.0 Å². The number of hydrogen-bond acceptors (Lipinski definition) is 10. The molecule has 0 aromatic heterocycles. The molecule has 222 valence electrons. The molecule has 0 radical (unpaired) electrons. The summed E-state index contributed by atoms with van der Waals surface area (Å²) < 4.78 is 0. The summed E-state index contributed by atoms with van der Waals surface area (Å²) in [5.41, 5.74) is 2.52. The lowest BCUT2D eigenvalue weighted by Crippen LogP contribution is -2.54. The highest BCUT2D eigenvalue weighted by molar-refractivity contribution is 6.25. The number of carbonyl (C=O) groups excluding carboxylic acids is 2. The van der Waals surface area contributed by atoms with E-state index in [0.29, 0.717) is 11.1 Å². The van der Waals surface area contributed by atoms with Crippen molar-refractivity contribution in [3.8, 4) is 0 Å². The minimum atomic E-state index is -1.36. The Balaban J connectivity index is 1.42. The van der Waals surface area contributed by atoms with Gasteiger partial charge in [0.2, 0.25) is 11.8 Å². The maximum Gasteiger partial charge on any atom is 0.301 e. The van der Waals surface area contributed by atoms with Crippen LogP contribution in [0.3, 0.4) is 0 Å². The van der Waals surface area contributed by atoms with E-state index >= 15 is 0 Å². The van der Waals surface area contributed by atoms with Gasteiger partial charge in [-0.25, -0.2) is 4.90 Å². The van der Waals surface area contributed by atoms with Gasteiger partial charge in [0.15, 0.2) is 0 Å². The largest absolute Gasteiger partial charge is 0.301 e. The van der Waals surface area contributed by atoms with E-state index in [1.165, 1.54) is 30.5 Å². The van der Waals surface area contributed by atoms with Crippen LogP contribution < -0.4 is 10.3 Å². The van der Waals surface area contributed by atoms with Gasteiger partial charge >= 0.3 is 5.69 Å². The summed E-state index contributed by atoms with van der Waals surface area (Å²) in [5, 5.41) is 39.2. The van der Waals surface area contributed by atoms with Gasteiger partial charge in [-0.3, -0.25) is 45.4 Å². The Bertz CT molecular complexity index is 1980. The third kappa shape index (κ3) is 3.78. The van der Waals surface area contributed by atoms with Gasteiger partial charge in [0, 0.05) is 24.3 Å². The minimum absolute atomic E-state index is 0.128. The van der Waals surface area contributed by atoms with E-state index in [-0.39, 0.29) is 11.4 Å². The summed E-state index contributed by atoms with van der Waals surface area (Å²) in [5.74, 6) is -3.73. The number of imide groups is 1. The first-order valence-corrected chi connectivity index (χ1v) is 13.7. The number of nitro benzene ring substituents is 3. The van der Waals surface area contributed by atoms with Crippen molar-refractivity contribution in [3.05, 3.63) is 144 Å². The number of carbonyl (C=O) groups is 2. The third-order valence-electron chi connectivity index (χ3n) is 8.85. The molecule has 3 aliphatic carbocycles. The molecule has 14 nitrogen and oxygen atoms in total. The second-order valence-electron chi connectivity index (χ2n) is 10.9. The first-order valence-electron chi connectivity index (χ1n) is 13.7. The molecule has 1 saturated heterocycles. The lowest BCUT2D eigenvalue weighted by molar-refractivity contribution is -0.393. The fourth-order valence-corrected chi connectivity index (χ4v) is 7.18. The van der Waals surface area contributed by atoms with Crippen LogP contribution in [0.2, 0.25) is 0 Å². The number of hydrogen-bond donors (Lipinski definition) is 1. The summed E-state index contributed by atoms with van der Waals surface area (Å²) in [7, 11) is 0. The Morgan fingerprint density at radius 3 is 1.96 bits per heavy atom. The summed E-state index contributed by atoms with van der Waals surface area (Å²) in [4.78, 5) is 62.3. The predicted octanol–water partition coefficient (Wildman–Crippen LogP) is 5.06. The maximum absolute atomic E-state index is 14.5. The average molecular weight is 605 g/mol. The number of non-ortho nitro benzene ring substituents is 1. The fourth-order valence-electron chi connectivity index (χ4n) is 7.18. The van der Waals surface area contributed by atoms with E-state index in [2.05, 4.69) is 10.5 Å². The number of rotatable bonds is 7. The molecular weight excluding hydrogens is 584 g/mol. The number of nitrogens with zero attached hydrogens (tertiary/aromatic N) is 5. The summed E-state index contributed by atoms with van der Waals surface area (Å²) in [6.45, 7) is 0. The third-order valence-corrected chi connectivity index (χ3v) is 8.85. The van der Waals surface area contributed by atoms with Crippen LogP contribution in [0.4, 0.5) is 28.4 Å². The molecule has 45 heavy (non-hydrogen) atoms. The van der Waals surface area contributed by atoms with Gasteiger partial charge in [-0.2, -0.15) is 5.10 Å². The Labute approximate surface area is 253 Å². The first kappa shape index (κ1) is 27.5. The van der Waals surface area contributed by atoms with Crippen molar-refractivity contribution in [1.29, 1.82) is 0 Å². The SMILES string of the molecule is O=C1[C@@H]2C3c4ccccc4C(/C=N\Nc4ccc([N+](=O)[O-])cc4[N+](=O)[O-])(c4ccccc43)[C@@H]2C(=O)N1c1ccccc1[N+](=O)[O-]. The van der Waals surface area contributed by atoms with Gasteiger partial charge in [0.1, 0.15) is 11.4 Å². The zero-order chi connectivity index (χ0) is 31.6. The topological polar surface area (TPSA) is 191 Å². The lowest BCUT2D eigenvalue weighted by Gasteiger charge is -2.52. The maximum atomic E-state index is 14.5. The molecule has 2 bridgehead atoms. The molecule has 4 aromatic carbocycles. The van der Waals surface area contributed by atoms with Crippen LogP contribution >= 0.6 is 0 Å². The Hall–Kier alpha value is -6.31. The molecule has 4 aromatic rings. The first-order chi connectivity index (χ1) is 21.7. The molecule has 4 aliphatic rings. The molecule has 2 atom stereocenters. The van der Waals surface area contributed by atoms with Gasteiger partial charge in [0.05, 0.1) is 38.1 Å². The van der Waals surface area contributed by atoms with E-state index in [4.69, 9.17) is 0 Å². The van der Waals surface area contributed by atoms with Gasteiger partial charge in [-0.1, -0.05) is 60.7 Å². The monoisotopic (exact) mass is 604 g/mol. The number of benzene rings is 4. The molecule has 8 rings (SSSR count). The molecule has 1 fully saturated rings. The van der Waals surface area contributed by atoms with Crippen LogP contribution in [0, 0.1) is 42.2 Å². The Morgan fingerprint density at radius 1 is 0.733 bits per heavy atom. The zero-order valence-electron chi connectivity index (χ0n) is 23.0. The quantitative estimate of drug-likeness (QED) is 0.130. The van der Waals surface area contributed by atoms with Gasteiger partial charge in [-0.15, -0.1) is 0 Å². The number of amides is 2. The number of para-hydroxylation sites is 2. The molecule has 14 heteroatoms. The van der Waals surface area contributed by atoms with Crippen molar-refractivity contribution in [2.75, 3.05) is 10.3 Å². The van der Waals surface area contributed by atoms with Gasteiger partial charge in [0.25, 0.3) is 11.4 Å². The highest BCUT2D eigenvalue weighted by atomic mass is 16.6. The van der Waals surface area contributed by atoms with Gasteiger partial charge < -0.3 is 0 Å². The normalized spacial score (nSPS) is 22.6.